The van der Waals surface area contributed by atoms with Crippen LogP contribution >= 0.6 is 0 Å². The summed E-state index contributed by atoms with van der Waals surface area (Å²) >= 11 is 0. The summed E-state index contributed by atoms with van der Waals surface area (Å²) < 4.78 is 50.6. The summed E-state index contributed by atoms with van der Waals surface area (Å²) in [5.41, 5.74) is 0.662. The van der Waals surface area contributed by atoms with Gasteiger partial charge in [-0.15, -0.1) is 0 Å². The van der Waals surface area contributed by atoms with Crippen LogP contribution in [-0.4, -0.2) is 22.6 Å². The second-order valence-electron chi connectivity index (χ2n) is 4.91. The highest BCUT2D eigenvalue weighted by molar-refractivity contribution is 7.89. The van der Waals surface area contributed by atoms with Gasteiger partial charge in [-0.05, 0) is 36.8 Å². The zero-order valence-corrected chi connectivity index (χ0v) is 13.9. The van der Waals surface area contributed by atoms with Crippen molar-refractivity contribution in [2.24, 2.45) is 0 Å². The second kappa shape index (κ2) is 6.97. The molecule has 2 rings (SSSR count). The number of rotatable bonds is 6. The standard InChI is InChI=1S/C16H18FNO4S/c1-11(12-4-6-13(17)7-5-12)18-23(19,20)14-8-9-15(21-2)16(10-14)22-3/h4-11,18H,1-3H3. The van der Waals surface area contributed by atoms with E-state index in [1.807, 2.05) is 0 Å². The fourth-order valence-corrected chi connectivity index (χ4v) is 3.35. The van der Waals surface area contributed by atoms with E-state index in [1.54, 1.807) is 6.92 Å². The van der Waals surface area contributed by atoms with Gasteiger partial charge in [0.15, 0.2) is 11.5 Å². The second-order valence-corrected chi connectivity index (χ2v) is 6.63. The SMILES string of the molecule is COc1ccc(S(=O)(=O)NC(C)c2ccc(F)cc2)cc1OC. The van der Waals surface area contributed by atoms with Crippen molar-refractivity contribution in [3.8, 4) is 11.5 Å². The van der Waals surface area contributed by atoms with Gasteiger partial charge >= 0.3 is 0 Å². The molecule has 0 aromatic heterocycles. The topological polar surface area (TPSA) is 64.6 Å². The maximum Gasteiger partial charge on any atom is 0.241 e. The van der Waals surface area contributed by atoms with Gasteiger partial charge < -0.3 is 9.47 Å². The fourth-order valence-electron chi connectivity index (χ4n) is 2.10. The van der Waals surface area contributed by atoms with Crippen LogP contribution in [0.15, 0.2) is 47.4 Å². The van der Waals surface area contributed by atoms with Gasteiger partial charge in [-0.3, -0.25) is 0 Å². The zero-order valence-electron chi connectivity index (χ0n) is 13.0. The third kappa shape index (κ3) is 4.00. The van der Waals surface area contributed by atoms with Crippen LogP contribution in [-0.2, 0) is 10.0 Å². The quantitative estimate of drug-likeness (QED) is 0.879. The van der Waals surface area contributed by atoms with Gasteiger partial charge in [0.2, 0.25) is 10.0 Å². The molecule has 0 amide bonds. The van der Waals surface area contributed by atoms with Gasteiger partial charge in [0.1, 0.15) is 5.82 Å². The van der Waals surface area contributed by atoms with Crippen molar-refractivity contribution in [3.63, 3.8) is 0 Å². The Labute approximate surface area is 135 Å². The van der Waals surface area contributed by atoms with Crippen LogP contribution in [0.5, 0.6) is 11.5 Å². The predicted molar refractivity (Wildman–Crippen MR) is 84.7 cm³/mol. The molecule has 2 aromatic carbocycles. The molecule has 0 saturated heterocycles. The summed E-state index contributed by atoms with van der Waals surface area (Å²) in [6.45, 7) is 1.69. The molecule has 0 aliphatic rings. The first-order valence-electron chi connectivity index (χ1n) is 6.87. The van der Waals surface area contributed by atoms with Crippen molar-refractivity contribution in [3.05, 3.63) is 53.8 Å². The van der Waals surface area contributed by atoms with Crippen LogP contribution in [0.2, 0.25) is 0 Å². The number of ether oxygens (including phenoxy) is 2. The molecule has 1 N–H and O–H groups in total. The van der Waals surface area contributed by atoms with Crippen molar-refractivity contribution >= 4 is 10.0 Å². The Kier molecular flexibility index (Phi) is 5.23. The highest BCUT2D eigenvalue weighted by Crippen LogP contribution is 2.29. The molecular formula is C16H18FNO4S. The smallest absolute Gasteiger partial charge is 0.241 e. The van der Waals surface area contributed by atoms with Crippen LogP contribution < -0.4 is 14.2 Å². The minimum absolute atomic E-state index is 0.0594. The Morgan fingerprint density at radius 2 is 1.61 bits per heavy atom. The Morgan fingerprint density at radius 1 is 1.00 bits per heavy atom. The summed E-state index contributed by atoms with van der Waals surface area (Å²) in [6, 6.07) is 9.49. The van der Waals surface area contributed by atoms with Gasteiger partial charge in [0.05, 0.1) is 19.1 Å². The number of nitrogens with one attached hydrogen (secondary N) is 1. The van der Waals surface area contributed by atoms with E-state index < -0.39 is 16.1 Å². The van der Waals surface area contributed by atoms with Gasteiger partial charge in [-0.1, -0.05) is 12.1 Å². The molecule has 0 aliphatic carbocycles. The monoisotopic (exact) mass is 339 g/mol. The van der Waals surface area contributed by atoms with Crippen molar-refractivity contribution in [1.82, 2.24) is 4.72 Å². The normalized spacial score (nSPS) is 12.7. The molecule has 0 aliphatic heterocycles. The van der Waals surface area contributed by atoms with E-state index in [9.17, 15) is 12.8 Å². The summed E-state index contributed by atoms with van der Waals surface area (Å²) in [4.78, 5) is 0.0594. The van der Waals surface area contributed by atoms with Crippen molar-refractivity contribution in [2.45, 2.75) is 17.9 Å². The third-order valence-corrected chi connectivity index (χ3v) is 4.91. The maximum atomic E-state index is 12.9. The third-order valence-electron chi connectivity index (χ3n) is 3.37. The lowest BCUT2D eigenvalue weighted by Crippen LogP contribution is -2.26. The first-order valence-corrected chi connectivity index (χ1v) is 8.35. The van der Waals surface area contributed by atoms with Crippen LogP contribution in [0.1, 0.15) is 18.5 Å². The molecule has 0 heterocycles. The average Bonchev–Trinajstić information content (AvgIpc) is 2.54. The van der Waals surface area contributed by atoms with E-state index in [0.29, 0.717) is 17.1 Å². The van der Waals surface area contributed by atoms with E-state index in [-0.39, 0.29) is 10.7 Å². The van der Waals surface area contributed by atoms with E-state index in [2.05, 4.69) is 4.72 Å². The molecule has 7 heteroatoms. The highest BCUT2D eigenvalue weighted by atomic mass is 32.2. The van der Waals surface area contributed by atoms with Gasteiger partial charge in [-0.2, -0.15) is 0 Å². The molecule has 0 radical (unpaired) electrons. The van der Waals surface area contributed by atoms with E-state index in [0.717, 1.165) is 0 Å². The molecule has 0 saturated carbocycles. The maximum absolute atomic E-state index is 12.9. The highest BCUT2D eigenvalue weighted by Gasteiger charge is 2.20. The molecule has 0 spiro atoms. The number of hydrogen-bond donors (Lipinski definition) is 1. The van der Waals surface area contributed by atoms with Gasteiger partial charge in [0.25, 0.3) is 0 Å². The molecule has 2 aromatic rings. The van der Waals surface area contributed by atoms with E-state index in [4.69, 9.17) is 9.47 Å². The molecule has 124 valence electrons. The van der Waals surface area contributed by atoms with Gasteiger partial charge in [0, 0.05) is 12.1 Å². The number of benzene rings is 2. The minimum atomic E-state index is -3.75. The van der Waals surface area contributed by atoms with E-state index in [1.165, 1.54) is 56.7 Å². The van der Waals surface area contributed by atoms with Gasteiger partial charge in [-0.25, -0.2) is 17.5 Å². The van der Waals surface area contributed by atoms with Crippen LogP contribution in [0.4, 0.5) is 4.39 Å². The average molecular weight is 339 g/mol. The first kappa shape index (κ1) is 17.2. The van der Waals surface area contributed by atoms with Crippen molar-refractivity contribution in [2.75, 3.05) is 14.2 Å². The molecule has 1 unspecified atom stereocenters. The van der Waals surface area contributed by atoms with Crippen LogP contribution in [0, 0.1) is 5.82 Å². The first-order chi connectivity index (χ1) is 10.9. The lowest BCUT2D eigenvalue weighted by atomic mass is 10.1. The lowest BCUT2D eigenvalue weighted by molar-refractivity contribution is 0.354. The number of halogens is 1. The Bertz CT molecular complexity index is 775. The molecule has 5 nitrogen and oxygen atoms in total. The Hall–Kier alpha value is -2.12. The molecule has 23 heavy (non-hydrogen) atoms. The zero-order chi connectivity index (χ0) is 17.0. The summed E-state index contributed by atoms with van der Waals surface area (Å²) in [5, 5.41) is 0. The van der Waals surface area contributed by atoms with Crippen LogP contribution in [0.3, 0.4) is 0 Å². The molecule has 0 fully saturated rings. The van der Waals surface area contributed by atoms with Crippen LogP contribution in [0.25, 0.3) is 0 Å². The molecule has 1 atom stereocenters. The fraction of sp³-hybridized carbons (Fsp3) is 0.250. The minimum Gasteiger partial charge on any atom is -0.493 e. The van der Waals surface area contributed by atoms with Crippen molar-refractivity contribution in [1.29, 1.82) is 0 Å². The summed E-state index contributed by atoms with van der Waals surface area (Å²) in [5.74, 6) is 0.395. The Balaban J connectivity index is 2.26. The summed E-state index contributed by atoms with van der Waals surface area (Å²) in [7, 11) is -0.848. The molecule has 0 bridgehead atoms. The van der Waals surface area contributed by atoms with E-state index >= 15 is 0 Å². The molecular weight excluding hydrogens is 321 g/mol. The number of hydrogen-bond acceptors (Lipinski definition) is 4. The Morgan fingerprint density at radius 3 is 2.17 bits per heavy atom. The largest absolute Gasteiger partial charge is 0.493 e. The summed E-state index contributed by atoms with van der Waals surface area (Å²) in [6.07, 6.45) is 0. The number of methoxy groups -OCH3 is 2. The van der Waals surface area contributed by atoms with Crippen molar-refractivity contribution < 1.29 is 22.3 Å². The predicted octanol–water partition coefficient (Wildman–Crippen LogP) is 2.88. The number of sulfonamides is 1. The lowest BCUT2D eigenvalue weighted by Gasteiger charge is -2.16.